The van der Waals surface area contributed by atoms with Crippen molar-refractivity contribution in [2.24, 2.45) is 5.73 Å². The maximum Gasteiger partial charge on any atom is 0.407 e. The van der Waals surface area contributed by atoms with Gasteiger partial charge >= 0.3 is 6.09 Å². The average molecular weight is 281 g/mol. The predicted octanol–water partition coefficient (Wildman–Crippen LogP) is 1.22. The molecule has 20 heavy (non-hydrogen) atoms. The molecule has 0 aliphatic rings. The van der Waals surface area contributed by atoms with E-state index in [1.165, 1.54) is 6.07 Å². The summed E-state index contributed by atoms with van der Waals surface area (Å²) in [5.41, 5.74) is 5.70. The molecule has 0 spiro atoms. The van der Waals surface area contributed by atoms with Crippen LogP contribution in [-0.4, -0.2) is 22.8 Å². The second-order valence-electron chi connectivity index (χ2n) is 5.55. The minimum atomic E-state index is -0.501. The Morgan fingerprint density at radius 1 is 1.45 bits per heavy atom. The van der Waals surface area contributed by atoms with Gasteiger partial charge in [0.05, 0.1) is 0 Å². The van der Waals surface area contributed by atoms with Crippen LogP contribution in [0.15, 0.2) is 23.1 Å². The van der Waals surface area contributed by atoms with E-state index in [9.17, 15) is 9.59 Å². The standard InChI is InChI=1S/C14H23N3O3/c1-14(2,3)20-13(19)16-6-4-7-17-8-5-11(10-15)9-12(17)18/h5,8-9H,4,6-7,10,15H2,1-3H3,(H,16,19). The first-order valence-electron chi connectivity index (χ1n) is 6.68. The fourth-order valence-corrected chi connectivity index (χ4v) is 1.61. The fraction of sp³-hybridized carbons (Fsp3) is 0.571. The van der Waals surface area contributed by atoms with E-state index >= 15 is 0 Å². The molecule has 1 aromatic heterocycles. The van der Waals surface area contributed by atoms with Crippen molar-refractivity contribution in [2.75, 3.05) is 6.54 Å². The Bertz CT molecular complexity index is 503. The number of carbonyl (C=O) groups is 1. The zero-order valence-electron chi connectivity index (χ0n) is 12.3. The van der Waals surface area contributed by atoms with Crippen LogP contribution in [0.1, 0.15) is 32.8 Å². The number of carbonyl (C=O) groups excluding carboxylic acids is 1. The maximum atomic E-state index is 11.7. The number of nitrogens with one attached hydrogen (secondary N) is 1. The van der Waals surface area contributed by atoms with E-state index in [1.54, 1.807) is 10.8 Å². The van der Waals surface area contributed by atoms with Gasteiger partial charge in [0.1, 0.15) is 5.60 Å². The Morgan fingerprint density at radius 3 is 2.70 bits per heavy atom. The van der Waals surface area contributed by atoms with Gasteiger partial charge in [0.15, 0.2) is 0 Å². The van der Waals surface area contributed by atoms with E-state index in [0.717, 1.165) is 5.56 Å². The second-order valence-corrected chi connectivity index (χ2v) is 5.55. The number of ether oxygens (including phenoxy) is 1. The van der Waals surface area contributed by atoms with Gasteiger partial charge in [-0.3, -0.25) is 4.79 Å². The molecule has 0 atom stereocenters. The molecule has 0 aliphatic carbocycles. The van der Waals surface area contributed by atoms with Crippen molar-refractivity contribution in [3.05, 3.63) is 34.2 Å². The number of pyridine rings is 1. The summed E-state index contributed by atoms with van der Waals surface area (Å²) in [6.07, 6.45) is 1.93. The third-order valence-electron chi connectivity index (χ3n) is 2.54. The van der Waals surface area contributed by atoms with Crippen LogP contribution in [0.2, 0.25) is 0 Å². The molecule has 1 amide bonds. The van der Waals surface area contributed by atoms with Gasteiger partial charge in [-0.25, -0.2) is 4.79 Å². The van der Waals surface area contributed by atoms with Gasteiger partial charge < -0.3 is 20.4 Å². The molecular weight excluding hydrogens is 258 g/mol. The van der Waals surface area contributed by atoms with Crippen LogP contribution in [0.3, 0.4) is 0 Å². The Morgan fingerprint density at radius 2 is 2.15 bits per heavy atom. The van der Waals surface area contributed by atoms with E-state index in [2.05, 4.69) is 5.32 Å². The Balaban J connectivity index is 2.35. The number of nitrogens with zero attached hydrogens (tertiary/aromatic N) is 1. The van der Waals surface area contributed by atoms with Crippen LogP contribution in [0.5, 0.6) is 0 Å². The van der Waals surface area contributed by atoms with Gasteiger partial charge in [-0.2, -0.15) is 0 Å². The fourth-order valence-electron chi connectivity index (χ4n) is 1.61. The molecule has 0 bridgehead atoms. The van der Waals surface area contributed by atoms with E-state index < -0.39 is 11.7 Å². The van der Waals surface area contributed by atoms with Crippen LogP contribution in [0.4, 0.5) is 4.79 Å². The molecule has 0 radical (unpaired) electrons. The molecule has 0 saturated heterocycles. The average Bonchev–Trinajstić information content (AvgIpc) is 2.33. The largest absolute Gasteiger partial charge is 0.444 e. The van der Waals surface area contributed by atoms with Crippen molar-refractivity contribution in [1.82, 2.24) is 9.88 Å². The van der Waals surface area contributed by atoms with Crippen molar-refractivity contribution < 1.29 is 9.53 Å². The smallest absolute Gasteiger partial charge is 0.407 e. The third kappa shape index (κ3) is 5.88. The summed E-state index contributed by atoms with van der Waals surface area (Å²) < 4.78 is 6.70. The van der Waals surface area contributed by atoms with Crippen LogP contribution in [0.25, 0.3) is 0 Å². The molecule has 1 aromatic rings. The van der Waals surface area contributed by atoms with E-state index in [4.69, 9.17) is 10.5 Å². The molecule has 112 valence electrons. The minimum absolute atomic E-state index is 0.0785. The van der Waals surface area contributed by atoms with E-state index in [0.29, 0.717) is 26.1 Å². The molecule has 3 N–H and O–H groups in total. The van der Waals surface area contributed by atoms with Gasteiger partial charge in [-0.15, -0.1) is 0 Å². The molecule has 0 aromatic carbocycles. The van der Waals surface area contributed by atoms with Crippen LogP contribution in [-0.2, 0) is 17.8 Å². The van der Waals surface area contributed by atoms with Crippen molar-refractivity contribution in [3.8, 4) is 0 Å². The van der Waals surface area contributed by atoms with E-state index in [1.807, 2.05) is 26.8 Å². The molecule has 0 unspecified atom stereocenters. The second kappa shape index (κ2) is 7.09. The lowest BCUT2D eigenvalue weighted by molar-refractivity contribution is 0.0526. The van der Waals surface area contributed by atoms with Crippen LogP contribution >= 0.6 is 0 Å². The summed E-state index contributed by atoms with van der Waals surface area (Å²) in [5.74, 6) is 0. The van der Waals surface area contributed by atoms with Gasteiger partial charge in [-0.1, -0.05) is 0 Å². The van der Waals surface area contributed by atoms with Crippen molar-refractivity contribution in [1.29, 1.82) is 0 Å². The van der Waals surface area contributed by atoms with Crippen molar-refractivity contribution >= 4 is 6.09 Å². The van der Waals surface area contributed by atoms with E-state index in [-0.39, 0.29) is 5.56 Å². The first kappa shape index (κ1) is 16.2. The third-order valence-corrected chi connectivity index (χ3v) is 2.54. The lowest BCUT2D eigenvalue weighted by Gasteiger charge is -2.19. The minimum Gasteiger partial charge on any atom is -0.444 e. The Labute approximate surface area is 118 Å². The Kier molecular flexibility index (Phi) is 5.76. The SMILES string of the molecule is CC(C)(C)OC(=O)NCCCn1ccc(CN)cc1=O. The zero-order chi connectivity index (χ0) is 15.2. The van der Waals surface area contributed by atoms with Crippen molar-refractivity contribution in [2.45, 2.75) is 45.9 Å². The van der Waals surface area contributed by atoms with Gasteiger partial charge in [-0.05, 0) is 38.8 Å². The summed E-state index contributed by atoms with van der Waals surface area (Å²) in [6, 6.07) is 3.35. The number of alkyl carbamates (subject to hydrolysis) is 1. The number of hydrogen-bond donors (Lipinski definition) is 2. The normalized spacial score (nSPS) is 11.2. The summed E-state index contributed by atoms with van der Waals surface area (Å²) in [5, 5.41) is 2.65. The predicted molar refractivity (Wildman–Crippen MR) is 77.4 cm³/mol. The molecule has 1 heterocycles. The summed E-state index contributed by atoms with van der Waals surface area (Å²) in [6.45, 7) is 6.79. The van der Waals surface area contributed by atoms with Gasteiger partial charge in [0.25, 0.3) is 5.56 Å². The summed E-state index contributed by atoms with van der Waals surface area (Å²) in [7, 11) is 0. The monoisotopic (exact) mass is 281 g/mol. The highest BCUT2D eigenvalue weighted by Crippen LogP contribution is 2.06. The molecule has 6 heteroatoms. The molecule has 0 aliphatic heterocycles. The van der Waals surface area contributed by atoms with Crippen LogP contribution < -0.4 is 16.6 Å². The first-order chi connectivity index (χ1) is 9.31. The van der Waals surface area contributed by atoms with Crippen molar-refractivity contribution in [3.63, 3.8) is 0 Å². The first-order valence-corrected chi connectivity index (χ1v) is 6.68. The molecule has 0 saturated carbocycles. The van der Waals surface area contributed by atoms with Gasteiger partial charge in [0.2, 0.25) is 0 Å². The number of rotatable bonds is 5. The Hall–Kier alpha value is -1.82. The topological polar surface area (TPSA) is 86.3 Å². The molecule has 6 nitrogen and oxygen atoms in total. The highest BCUT2D eigenvalue weighted by atomic mass is 16.6. The quantitative estimate of drug-likeness (QED) is 0.795. The zero-order valence-corrected chi connectivity index (χ0v) is 12.3. The lowest BCUT2D eigenvalue weighted by atomic mass is 10.2. The number of hydrogen-bond acceptors (Lipinski definition) is 4. The number of aromatic nitrogens is 1. The number of nitrogens with two attached hydrogens (primary N) is 1. The summed E-state index contributed by atoms with van der Waals surface area (Å²) in [4.78, 5) is 23.1. The van der Waals surface area contributed by atoms with Crippen LogP contribution in [0, 0.1) is 0 Å². The number of amides is 1. The highest BCUT2D eigenvalue weighted by molar-refractivity contribution is 5.67. The maximum absolute atomic E-state index is 11.7. The highest BCUT2D eigenvalue weighted by Gasteiger charge is 2.15. The summed E-state index contributed by atoms with van der Waals surface area (Å²) >= 11 is 0. The lowest BCUT2D eigenvalue weighted by Crippen LogP contribution is -2.33. The molecular formula is C14H23N3O3. The molecule has 1 rings (SSSR count). The number of aryl methyl sites for hydroxylation is 1. The molecule has 0 fully saturated rings. The van der Waals surface area contributed by atoms with Gasteiger partial charge in [0, 0.05) is 31.9 Å².